The number of nitrogens with zero attached hydrogens (tertiary/aromatic N) is 1. The third-order valence-electron chi connectivity index (χ3n) is 4.01. The second kappa shape index (κ2) is 6.20. The van der Waals surface area contributed by atoms with Crippen LogP contribution >= 0.6 is 0 Å². The summed E-state index contributed by atoms with van der Waals surface area (Å²) >= 11 is 0. The molecule has 0 saturated carbocycles. The molecule has 0 bridgehead atoms. The number of carbonyl (C=O) groups is 1. The molecule has 2 rings (SSSR count). The lowest BCUT2D eigenvalue weighted by molar-refractivity contribution is -0.134. The number of likely N-dealkylation sites (tertiary alicyclic amines) is 1. The first-order valence-electron chi connectivity index (χ1n) is 7.15. The van der Waals surface area contributed by atoms with Crippen LogP contribution in [0.15, 0.2) is 24.3 Å². The molecule has 1 aliphatic rings. The number of hydrogen-bond donors (Lipinski definition) is 1. The molecule has 0 spiro atoms. The van der Waals surface area contributed by atoms with Gasteiger partial charge >= 0.3 is 0 Å². The summed E-state index contributed by atoms with van der Waals surface area (Å²) < 4.78 is 0. The largest absolute Gasteiger partial charge is 0.338 e. The van der Waals surface area contributed by atoms with Crippen molar-refractivity contribution in [1.82, 2.24) is 4.90 Å². The average molecular weight is 260 g/mol. The maximum atomic E-state index is 12.4. The second-order valence-electron chi connectivity index (χ2n) is 5.77. The van der Waals surface area contributed by atoms with Crippen molar-refractivity contribution in [3.8, 4) is 0 Å². The van der Waals surface area contributed by atoms with Crippen LogP contribution in [0.4, 0.5) is 0 Å². The summed E-state index contributed by atoms with van der Waals surface area (Å²) in [4.78, 5) is 14.4. The van der Waals surface area contributed by atoms with E-state index in [-0.39, 0.29) is 11.9 Å². The van der Waals surface area contributed by atoms with Gasteiger partial charge in [-0.25, -0.2) is 0 Å². The van der Waals surface area contributed by atoms with Gasteiger partial charge in [0.15, 0.2) is 0 Å². The van der Waals surface area contributed by atoms with Crippen molar-refractivity contribution in [2.75, 3.05) is 13.1 Å². The quantitative estimate of drug-likeness (QED) is 0.905. The Hall–Kier alpha value is -1.35. The van der Waals surface area contributed by atoms with E-state index in [1.54, 1.807) is 0 Å². The van der Waals surface area contributed by atoms with Crippen molar-refractivity contribution < 1.29 is 4.79 Å². The molecule has 0 aliphatic carbocycles. The number of benzene rings is 1. The number of amides is 1. The molecule has 1 aromatic carbocycles. The molecule has 2 atom stereocenters. The Labute approximate surface area is 115 Å². The van der Waals surface area contributed by atoms with E-state index in [0.717, 1.165) is 24.9 Å². The van der Waals surface area contributed by atoms with E-state index < -0.39 is 0 Å². The predicted molar refractivity (Wildman–Crippen MR) is 77.8 cm³/mol. The Balaban J connectivity index is 2.02. The van der Waals surface area contributed by atoms with Gasteiger partial charge in [-0.1, -0.05) is 36.8 Å². The fourth-order valence-corrected chi connectivity index (χ4v) is 2.90. The van der Waals surface area contributed by atoms with Crippen LogP contribution in [0.25, 0.3) is 0 Å². The van der Waals surface area contributed by atoms with Crippen LogP contribution in [0, 0.1) is 12.8 Å². The average Bonchev–Trinajstić information content (AvgIpc) is 2.38. The van der Waals surface area contributed by atoms with Crippen LogP contribution in [-0.4, -0.2) is 29.9 Å². The third kappa shape index (κ3) is 3.57. The minimum atomic E-state index is 0.216. The summed E-state index contributed by atoms with van der Waals surface area (Å²) in [6, 6.07) is 8.40. The van der Waals surface area contributed by atoms with Gasteiger partial charge in [0.05, 0.1) is 6.42 Å². The van der Waals surface area contributed by atoms with E-state index >= 15 is 0 Å². The normalized spacial score (nSPS) is 23.4. The van der Waals surface area contributed by atoms with Crippen molar-refractivity contribution in [2.45, 2.75) is 39.2 Å². The van der Waals surface area contributed by atoms with E-state index in [1.165, 1.54) is 5.56 Å². The maximum absolute atomic E-state index is 12.4. The zero-order valence-corrected chi connectivity index (χ0v) is 11.9. The highest BCUT2D eigenvalue weighted by atomic mass is 16.2. The zero-order valence-electron chi connectivity index (χ0n) is 11.9. The van der Waals surface area contributed by atoms with Crippen LogP contribution in [0.5, 0.6) is 0 Å². The summed E-state index contributed by atoms with van der Waals surface area (Å²) in [6.07, 6.45) is 2.62. The lowest BCUT2D eigenvalue weighted by Gasteiger charge is -2.38. The number of piperidine rings is 1. The molecule has 1 aliphatic heterocycles. The predicted octanol–water partition coefficient (Wildman–Crippen LogP) is 2.12. The van der Waals surface area contributed by atoms with E-state index in [2.05, 4.69) is 26.0 Å². The number of nitrogens with two attached hydrogens (primary N) is 1. The lowest BCUT2D eigenvalue weighted by Crippen LogP contribution is -2.49. The van der Waals surface area contributed by atoms with E-state index in [9.17, 15) is 4.79 Å². The Morgan fingerprint density at radius 2 is 2.26 bits per heavy atom. The molecule has 1 fully saturated rings. The summed E-state index contributed by atoms with van der Waals surface area (Å²) in [5, 5.41) is 0. The first-order chi connectivity index (χ1) is 9.10. The van der Waals surface area contributed by atoms with E-state index in [0.29, 0.717) is 18.9 Å². The van der Waals surface area contributed by atoms with Crippen molar-refractivity contribution in [1.29, 1.82) is 0 Å². The Kier molecular flexibility index (Phi) is 4.59. The zero-order chi connectivity index (χ0) is 13.8. The minimum absolute atomic E-state index is 0.216. The second-order valence-corrected chi connectivity index (χ2v) is 5.77. The molecular formula is C16H24N2O. The first kappa shape index (κ1) is 14.1. The van der Waals surface area contributed by atoms with Crippen LogP contribution in [0.3, 0.4) is 0 Å². The molecule has 3 nitrogen and oxygen atoms in total. The van der Waals surface area contributed by atoms with Gasteiger partial charge in [0.1, 0.15) is 0 Å². The van der Waals surface area contributed by atoms with Crippen molar-refractivity contribution in [3.05, 3.63) is 35.4 Å². The smallest absolute Gasteiger partial charge is 0.227 e. The fourth-order valence-electron chi connectivity index (χ4n) is 2.90. The highest BCUT2D eigenvalue weighted by molar-refractivity contribution is 5.79. The number of hydrogen-bond acceptors (Lipinski definition) is 2. The monoisotopic (exact) mass is 260 g/mol. The Morgan fingerprint density at radius 1 is 1.47 bits per heavy atom. The standard InChI is InChI=1S/C16H24N2O/c1-12-4-3-5-14(8-12)10-16(19)18-7-6-13(2)9-15(18)11-17/h3-5,8,13,15H,6-7,9-11,17H2,1-2H3. The van der Waals surface area contributed by atoms with Crippen molar-refractivity contribution in [3.63, 3.8) is 0 Å². The van der Waals surface area contributed by atoms with Crippen LogP contribution in [0.1, 0.15) is 30.9 Å². The molecule has 2 unspecified atom stereocenters. The molecule has 1 saturated heterocycles. The van der Waals surface area contributed by atoms with Crippen molar-refractivity contribution in [2.24, 2.45) is 11.7 Å². The van der Waals surface area contributed by atoms with Gasteiger partial charge in [0, 0.05) is 19.1 Å². The maximum Gasteiger partial charge on any atom is 0.227 e. The summed E-state index contributed by atoms with van der Waals surface area (Å²) in [5.41, 5.74) is 8.12. The number of carbonyl (C=O) groups excluding carboxylic acids is 1. The molecule has 2 N–H and O–H groups in total. The van der Waals surface area contributed by atoms with E-state index in [4.69, 9.17) is 5.73 Å². The molecule has 0 aromatic heterocycles. The molecule has 1 amide bonds. The van der Waals surface area contributed by atoms with Crippen LogP contribution in [-0.2, 0) is 11.2 Å². The third-order valence-corrected chi connectivity index (χ3v) is 4.01. The number of rotatable bonds is 3. The molecular weight excluding hydrogens is 236 g/mol. The molecule has 1 heterocycles. The first-order valence-corrected chi connectivity index (χ1v) is 7.15. The Bertz CT molecular complexity index is 444. The highest BCUT2D eigenvalue weighted by Gasteiger charge is 2.28. The van der Waals surface area contributed by atoms with Gasteiger partial charge in [0.25, 0.3) is 0 Å². The summed E-state index contributed by atoms with van der Waals surface area (Å²) in [6.45, 7) is 5.72. The minimum Gasteiger partial charge on any atom is -0.338 e. The molecule has 104 valence electrons. The lowest BCUT2D eigenvalue weighted by atomic mass is 9.92. The molecule has 0 radical (unpaired) electrons. The highest BCUT2D eigenvalue weighted by Crippen LogP contribution is 2.22. The molecule has 1 aromatic rings. The number of aryl methyl sites for hydroxylation is 1. The summed E-state index contributed by atoms with van der Waals surface area (Å²) in [5.74, 6) is 0.893. The van der Waals surface area contributed by atoms with Gasteiger partial charge in [-0.15, -0.1) is 0 Å². The van der Waals surface area contributed by atoms with Crippen LogP contribution < -0.4 is 5.73 Å². The topological polar surface area (TPSA) is 46.3 Å². The van der Waals surface area contributed by atoms with Gasteiger partial charge in [-0.2, -0.15) is 0 Å². The fraction of sp³-hybridized carbons (Fsp3) is 0.562. The van der Waals surface area contributed by atoms with Gasteiger partial charge < -0.3 is 10.6 Å². The van der Waals surface area contributed by atoms with Crippen molar-refractivity contribution >= 4 is 5.91 Å². The Morgan fingerprint density at radius 3 is 2.95 bits per heavy atom. The van der Waals surface area contributed by atoms with Gasteiger partial charge in [-0.3, -0.25) is 4.79 Å². The van der Waals surface area contributed by atoms with Gasteiger partial charge in [0.2, 0.25) is 5.91 Å². The summed E-state index contributed by atoms with van der Waals surface area (Å²) in [7, 11) is 0. The molecule has 3 heteroatoms. The van der Waals surface area contributed by atoms with Crippen LogP contribution in [0.2, 0.25) is 0 Å². The van der Waals surface area contributed by atoms with E-state index in [1.807, 2.05) is 17.0 Å². The van der Waals surface area contributed by atoms with Gasteiger partial charge in [-0.05, 0) is 31.2 Å². The molecule has 19 heavy (non-hydrogen) atoms. The SMILES string of the molecule is Cc1cccc(CC(=O)N2CCC(C)CC2CN)c1.